The maximum atomic E-state index is 12.4. The van der Waals surface area contributed by atoms with E-state index in [0.29, 0.717) is 42.9 Å². The molecule has 0 atom stereocenters. The summed E-state index contributed by atoms with van der Waals surface area (Å²) in [4.78, 5) is 51.1. The second-order valence-electron chi connectivity index (χ2n) is 6.27. The van der Waals surface area contributed by atoms with Gasteiger partial charge in [0.15, 0.2) is 0 Å². The van der Waals surface area contributed by atoms with E-state index in [1.54, 1.807) is 37.2 Å². The number of amides is 4. The molecule has 25 heavy (non-hydrogen) atoms. The van der Waals surface area contributed by atoms with E-state index in [2.05, 4.69) is 15.0 Å². The van der Waals surface area contributed by atoms with Crippen LogP contribution in [0, 0.1) is 5.92 Å². The highest BCUT2D eigenvalue weighted by atomic mass is 16.2. The number of nitrogens with zero attached hydrogens (tertiary/aromatic N) is 5. The van der Waals surface area contributed by atoms with Crippen molar-refractivity contribution in [3.63, 3.8) is 0 Å². The van der Waals surface area contributed by atoms with E-state index in [0.717, 1.165) is 0 Å². The van der Waals surface area contributed by atoms with Crippen molar-refractivity contribution in [1.29, 1.82) is 0 Å². The zero-order valence-corrected chi connectivity index (χ0v) is 14.2. The SMILES string of the molecule is CN(C)C(=O)N1CCC(C(=O)N=C2C=CC3=NC=NC(=O)C3=C2)CC1. The molecular formula is C17H19N5O3. The predicted octanol–water partition coefficient (Wildman–Crippen LogP) is 0.853. The molecule has 0 unspecified atom stereocenters. The first-order chi connectivity index (χ1) is 12.0. The van der Waals surface area contributed by atoms with Gasteiger partial charge >= 0.3 is 6.03 Å². The van der Waals surface area contributed by atoms with Gasteiger partial charge in [0.05, 0.1) is 17.0 Å². The molecule has 0 bridgehead atoms. The van der Waals surface area contributed by atoms with Crippen LogP contribution in [0.3, 0.4) is 0 Å². The maximum absolute atomic E-state index is 12.4. The molecule has 8 heteroatoms. The molecule has 0 aromatic rings. The van der Waals surface area contributed by atoms with Crippen LogP contribution >= 0.6 is 0 Å². The molecule has 0 aromatic carbocycles. The van der Waals surface area contributed by atoms with Crippen molar-refractivity contribution in [3.8, 4) is 0 Å². The molecule has 1 aliphatic carbocycles. The first-order valence-electron chi connectivity index (χ1n) is 8.09. The standard InChI is InChI=1S/C17H19N5O3/c1-21(2)17(25)22-7-5-11(6-8-22)15(23)20-12-3-4-14-13(9-12)16(24)19-10-18-14/h3-4,9-11H,5-8H2,1-2H3. The number of aliphatic imine (C=N–C) groups is 3. The van der Waals surface area contributed by atoms with E-state index >= 15 is 0 Å². The number of allylic oxidation sites excluding steroid dienone is 3. The van der Waals surface area contributed by atoms with Gasteiger partial charge in [-0.3, -0.25) is 9.59 Å². The van der Waals surface area contributed by atoms with Crippen molar-refractivity contribution >= 4 is 35.6 Å². The number of piperidine rings is 1. The van der Waals surface area contributed by atoms with E-state index in [1.165, 1.54) is 11.2 Å². The summed E-state index contributed by atoms with van der Waals surface area (Å²) in [7, 11) is 3.42. The third-order valence-corrected chi connectivity index (χ3v) is 4.32. The Morgan fingerprint density at radius 3 is 2.64 bits per heavy atom. The predicted molar refractivity (Wildman–Crippen MR) is 94.0 cm³/mol. The molecule has 1 fully saturated rings. The van der Waals surface area contributed by atoms with Gasteiger partial charge in [0.2, 0.25) is 5.91 Å². The van der Waals surface area contributed by atoms with Crippen LogP contribution < -0.4 is 0 Å². The monoisotopic (exact) mass is 341 g/mol. The lowest BCUT2D eigenvalue weighted by molar-refractivity contribution is -0.122. The minimum atomic E-state index is -0.384. The van der Waals surface area contributed by atoms with Gasteiger partial charge in [0.25, 0.3) is 5.91 Å². The zero-order chi connectivity index (χ0) is 18.0. The normalized spacial score (nSPS) is 21.8. The number of fused-ring (bicyclic) bond motifs is 1. The third kappa shape index (κ3) is 3.62. The van der Waals surface area contributed by atoms with Crippen LogP contribution in [0.25, 0.3) is 0 Å². The van der Waals surface area contributed by atoms with Gasteiger partial charge in [0, 0.05) is 33.1 Å². The Balaban J connectivity index is 1.65. The van der Waals surface area contributed by atoms with E-state index in [4.69, 9.17) is 0 Å². The van der Waals surface area contributed by atoms with Crippen LogP contribution in [0.2, 0.25) is 0 Å². The summed E-state index contributed by atoms with van der Waals surface area (Å²) in [5, 5.41) is 0. The van der Waals surface area contributed by atoms with Gasteiger partial charge in [-0.2, -0.15) is 4.99 Å². The van der Waals surface area contributed by atoms with Gasteiger partial charge in [-0.25, -0.2) is 14.8 Å². The van der Waals surface area contributed by atoms with Gasteiger partial charge in [-0.05, 0) is 31.1 Å². The fraction of sp³-hybridized carbons (Fsp3) is 0.412. The number of hydrogen-bond donors (Lipinski definition) is 0. The van der Waals surface area contributed by atoms with Crippen LogP contribution in [-0.2, 0) is 9.59 Å². The van der Waals surface area contributed by atoms with Gasteiger partial charge in [0.1, 0.15) is 6.34 Å². The fourth-order valence-corrected chi connectivity index (χ4v) is 2.91. The van der Waals surface area contributed by atoms with Crippen LogP contribution in [0.4, 0.5) is 4.79 Å². The van der Waals surface area contributed by atoms with Gasteiger partial charge in [-0.1, -0.05) is 0 Å². The van der Waals surface area contributed by atoms with Crippen LogP contribution in [0.15, 0.2) is 38.8 Å². The summed E-state index contributed by atoms with van der Waals surface area (Å²) in [5.74, 6) is -0.814. The zero-order valence-electron chi connectivity index (χ0n) is 14.2. The Hall–Kier alpha value is -2.90. The van der Waals surface area contributed by atoms with Crippen molar-refractivity contribution in [2.24, 2.45) is 20.9 Å². The Morgan fingerprint density at radius 2 is 1.96 bits per heavy atom. The summed E-state index contributed by atoms with van der Waals surface area (Å²) in [6, 6.07) is -0.0413. The van der Waals surface area contributed by atoms with Gasteiger partial charge < -0.3 is 9.80 Å². The first-order valence-corrected chi connectivity index (χ1v) is 8.09. The van der Waals surface area contributed by atoms with Crippen molar-refractivity contribution in [3.05, 3.63) is 23.8 Å². The molecule has 130 valence electrons. The minimum absolute atomic E-state index is 0.0413. The quantitative estimate of drug-likeness (QED) is 0.662. The highest BCUT2D eigenvalue weighted by Crippen LogP contribution is 2.20. The Morgan fingerprint density at radius 1 is 1.24 bits per heavy atom. The summed E-state index contributed by atoms with van der Waals surface area (Å²) in [6.45, 7) is 1.08. The molecule has 0 radical (unpaired) electrons. The average molecular weight is 341 g/mol. The molecule has 3 aliphatic rings. The van der Waals surface area contributed by atoms with Crippen LogP contribution in [-0.4, -0.2) is 72.6 Å². The molecule has 2 aliphatic heterocycles. The minimum Gasteiger partial charge on any atom is -0.331 e. The Bertz CT molecular complexity index is 765. The highest BCUT2D eigenvalue weighted by Gasteiger charge is 2.28. The maximum Gasteiger partial charge on any atom is 0.319 e. The number of hydrogen-bond acceptors (Lipinski definition) is 4. The van der Waals surface area contributed by atoms with Crippen molar-refractivity contribution < 1.29 is 14.4 Å². The van der Waals surface area contributed by atoms with E-state index in [-0.39, 0.29) is 23.8 Å². The van der Waals surface area contributed by atoms with Crippen molar-refractivity contribution in [2.45, 2.75) is 12.8 Å². The Kier molecular flexibility index (Phi) is 4.69. The van der Waals surface area contributed by atoms with Crippen molar-refractivity contribution in [2.75, 3.05) is 27.2 Å². The molecule has 3 rings (SSSR count). The summed E-state index contributed by atoms with van der Waals surface area (Å²) in [5.41, 5.74) is 1.31. The Labute approximate surface area is 145 Å². The molecule has 4 amide bonds. The molecule has 0 N–H and O–H groups in total. The average Bonchev–Trinajstić information content (AvgIpc) is 2.62. The number of rotatable bonds is 1. The summed E-state index contributed by atoms with van der Waals surface area (Å²) >= 11 is 0. The topological polar surface area (TPSA) is 94.8 Å². The number of carbonyl (C=O) groups is 3. The molecule has 0 saturated carbocycles. The van der Waals surface area contributed by atoms with E-state index < -0.39 is 0 Å². The fourth-order valence-electron chi connectivity index (χ4n) is 2.91. The second kappa shape index (κ2) is 6.92. The number of likely N-dealkylation sites (tertiary alicyclic amines) is 1. The molecule has 8 nitrogen and oxygen atoms in total. The van der Waals surface area contributed by atoms with E-state index in [9.17, 15) is 14.4 Å². The smallest absolute Gasteiger partial charge is 0.319 e. The second-order valence-corrected chi connectivity index (χ2v) is 6.27. The lowest BCUT2D eigenvalue weighted by atomic mass is 9.96. The molecule has 2 heterocycles. The number of carbonyl (C=O) groups excluding carboxylic acids is 3. The highest BCUT2D eigenvalue weighted by molar-refractivity contribution is 6.36. The summed E-state index contributed by atoms with van der Waals surface area (Å²) in [6.07, 6.45) is 7.26. The van der Waals surface area contributed by atoms with Crippen LogP contribution in [0.1, 0.15) is 12.8 Å². The van der Waals surface area contributed by atoms with Crippen molar-refractivity contribution in [1.82, 2.24) is 9.80 Å². The summed E-state index contributed by atoms with van der Waals surface area (Å²) < 4.78 is 0. The molecular weight excluding hydrogens is 322 g/mol. The van der Waals surface area contributed by atoms with Crippen LogP contribution in [0.5, 0.6) is 0 Å². The lowest BCUT2D eigenvalue weighted by Gasteiger charge is -2.32. The van der Waals surface area contributed by atoms with Gasteiger partial charge in [-0.15, -0.1) is 0 Å². The molecule has 1 saturated heterocycles. The third-order valence-electron chi connectivity index (χ3n) is 4.32. The molecule has 0 aromatic heterocycles. The number of urea groups is 1. The largest absolute Gasteiger partial charge is 0.331 e. The first kappa shape index (κ1) is 16.9. The van der Waals surface area contributed by atoms with E-state index in [1.807, 2.05) is 0 Å². The molecule has 0 spiro atoms. The lowest BCUT2D eigenvalue weighted by Crippen LogP contribution is -2.44.